The molecule has 0 unspecified atom stereocenters. The second kappa shape index (κ2) is 8.60. The Morgan fingerprint density at radius 3 is 2.68 bits per heavy atom. The number of aliphatic imine (C=N–C) groups is 1. The number of thioether (sulfide) groups is 1. The van der Waals surface area contributed by atoms with Crippen LogP contribution in [0.5, 0.6) is 0 Å². The van der Waals surface area contributed by atoms with Gasteiger partial charge in [-0.15, -0.1) is 24.0 Å². The van der Waals surface area contributed by atoms with Crippen LogP contribution in [0.1, 0.15) is 38.5 Å². The third kappa shape index (κ3) is 4.69. The van der Waals surface area contributed by atoms with E-state index in [9.17, 15) is 0 Å². The van der Waals surface area contributed by atoms with Crippen molar-refractivity contribution in [1.29, 1.82) is 0 Å². The Kier molecular flexibility index (Phi) is 7.87. The van der Waals surface area contributed by atoms with Crippen LogP contribution in [0.3, 0.4) is 0 Å². The highest BCUT2D eigenvalue weighted by atomic mass is 127. The van der Waals surface area contributed by atoms with Gasteiger partial charge in [-0.05, 0) is 43.1 Å². The first-order chi connectivity index (χ1) is 8.79. The summed E-state index contributed by atoms with van der Waals surface area (Å²) in [5.41, 5.74) is 0.636. The van der Waals surface area contributed by atoms with Crippen molar-refractivity contribution in [3.63, 3.8) is 0 Å². The van der Waals surface area contributed by atoms with Gasteiger partial charge in [0.15, 0.2) is 5.96 Å². The molecule has 112 valence electrons. The maximum Gasteiger partial charge on any atom is 0.193 e. The number of nitrogens with zero attached hydrogens (tertiary/aromatic N) is 2. The average Bonchev–Trinajstić information content (AvgIpc) is 3.01. The van der Waals surface area contributed by atoms with Gasteiger partial charge < -0.3 is 10.2 Å². The van der Waals surface area contributed by atoms with Gasteiger partial charge in [-0.1, -0.05) is 12.8 Å². The Balaban J connectivity index is 0.00000180. The smallest absolute Gasteiger partial charge is 0.193 e. The average molecular weight is 397 g/mol. The maximum absolute atomic E-state index is 4.45. The van der Waals surface area contributed by atoms with Crippen LogP contribution in [0, 0.1) is 5.41 Å². The van der Waals surface area contributed by atoms with Crippen LogP contribution in [0.2, 0.25) is 0 Å². The number of guanidine groups is 1. The van der Waals surface area contributed by atoms with Crippen molar-refractivity contribution >= 4 is 41.7 Å². The van der Waals surface area contributed by atoms with E-state index in [-0.39, 0.29) is 24.0 Å². The van der Waals surface area contributed by atoms with Gasteiger partial charge in [0.05, 0.1) is 0 Å². The first kappa shape index (κ1) is 17.4. The minimum Gasteiger partial charge on any atom is -0.356 e. The first-order valence-corrected chi connectivity index (χ1v) is 8.64. The van der Waals surface area contributed by atoms with Gasteiger partial charge in [-0.25, -0.2) is 0 Å². The number of nitrogens with one attached hydrogen (secondary N) is 1. The summed E-state index contributed by atoms with van der Waals surface area (Å²) in [6.07, 6.45) is 10.5. The lowest BCUT2D eigenvalue weighted by Gasteiger charge is -2.25. The second-order valence-corrected chi connectivity index (χ2v) is 6.68. The van der Waals surface area contributed by atoms with Gasteiger partial charge in [-0.3, -0.25) is 4.99 Å². The largest absolute Gasteiger partial charge is 0.356 e. The molecule has 0 amide bonds. The fourth-order valence-electron chi connectivity index (χ4n) is 3.40. The predicted octanol–water partition coefficient (Wildman–Crippen LogP) is 3.20. The standard InChI is InChI=1S/C14H27N3S.HI/c1-15-13(16-9-5-11-18-2)17-10-8-14(12-17)6-3-4-7-14;/h3-12H2,1-2H3,(H,15,16);1H. The molecule has 0 bridgehead atoms. The van der Waals surface area contributed by atoms with Gasteiger partial charge >= 0.3 is 0 Å². The molecule has 0 aromatic carbocycles. The summed E-state index contributed by atoms with van der Waals surface area (Å²) in [6.45, 7) is 3.48. The topological polar surface area (TPSA) is 27.6 Å². The number of hydrogen-bond acceptors (Lipinski definition) is 2. The van der Waals surface area contributed by atoms with Gasteiger partial charge in [-0.2, -0.15) is 11.8 Å². The van der Waals surface area contributed by atoms with E-state index in [0.29, 0.717) is 5.41 Å². The van der Waals surface area contributed by atoms with E-state index in [4.69, 9.17) is 0 Å². The van der Waals surface area contributed by atoms with Crippen molar-refractivity contribution in [3.05, 3.63) is 0 Å². The molecule has 19 heavy (non-hydrogen) atoms. The van der Waals surface area contributed by atoms with E-state index >= 15 is 0 Å². The molecule has 1 aliphatic heterocycles. The molecule has 0 atom stereocenters. The Morgan fingerprint density at radius 2 is 2.05 bits per heavy atom. The Morgan fingerprint density at radius 1 is 1.32 bits per heavy atom. The van der Waals surface area contributed by atoms with Crippen LogP contribution in [0.15, 0.2) is 4.99 Å². The summed E-state index contributed by atoms with van der Waals surface area (Å²) in [5.74, 6) is 2.35. The summed E-state index contributed by atoms with van der Waals surface area (Å²) in [6, 6.07) is 0. The predicted molar refractivity (Wildman–Crippen MR) is 96.9 cm³/mol. The van der Waals surface area contributed by atoms with Crippen molar-refractivity contribution in [3.8, 4) is 0 Å². The fourth-order valence-corrected chi connectivity index (χ4v) is 3.83. The second-order valence-electron chi connectivity index (χ2n) is 5.70. The van der Waals surface area contributed by atoms with Crippen LogP contribution < -0.4 is 5.32 Å². The minimum absolute atomic E-state index is 0. The molecule has 0 aromatic rings. The van der Waals surface area contributed by atoms with Crippen molar-refractivity contribution in [2.75, 3.05) is 38.7 Å². The zero-order valence-electron chi connectivity index (χ0n) is 12.3. The highest BCUT2D eigenvalue weighted by molar-refractivity contribution is 14.0. The molecule has 3 nitrogen and oxygen atoms in total. The lowest BCUT2D eigenvalue weighted by molar-refractivity contribution is 0.309. The van der Waals surface area contributed by atoms with E-state index in [2.05, 4.69) is 21.5 Å². The molecule has 1 saturated carbocycles. The molecule has 1 heterocycles. The van der Waals surface area contributed by atoms with Crippen LogP contribution in [0.4, 0.5) is 0 Å². The van der Waals surface area contributed by atoms with E-state index in [1.807, 2.05) is 18.8 Å². The van der Waals surface area contributed by atoms with Crippen LogP contribution in [0.25, 0.3) is 0 Å². The number of hydrogen-bond donors (Lipinski definition) is 1. The molecule has 2 rings (SSSR count). The number of rotatable bonds is 4. The summed E-state index contributed by atoms with van der Waals surface area (Å²) in [7, 11) is 1.91. The molecule has 0 aromatic heterocycles. The van der Waals surface area contributed by atoms with Gasteiger partial charge in [0, 0.05) is 26.7 Å². The van der Waals surface area contributed by atoms with E-state index in [1.165, 1.54) is 57.4 Å². The number of likely N-dealkylation sites (tertiary alicyclic amines) is 1. The molecule has 1 N–H and O–H groups in total. The van der Waals surface area contributed by atoms with Gasteiger partial charge in [0.1, 0.15) is 0 Å². The summed E-state index contributed by atoms with van der Waals surface area (Å²) in [4.78, 5) is 6.92. The third-order valence-corrected chi connectivity index (χ3v) is 5.12. The molecular formula is C14H28IN3S. The van der Waals surface area contributed by atoms with Crippen LogP contribution in [-0.4, -0.2) is 49.6 Å². The molecular weight excluding hydrogens is 369 g/mol. The summed E-state index contributed by atoms with van der Waals surface area (Å²) >= 11 is 1.91. The van der Waals surface area contributed by atoms with E-state index in [0.717, 1.165) is 12.5 Å². The zero-order valence-corrected chi connectivity index (χ0v) is 15.4. The van der Waals surface area contributed by atoms with Crippen molar-refractivity contribution in [1.82, 2.24) is 10.2 Å². The lowest BCUT2D eigenvalue weighted by atomic mass is 9.86. The van der Waals surface area contributed by atoms with Crippen molar-refractivity contribution < 1.29 is 0 Å². The van der Waals surface area contributed by atoms with Gasteiger partial charge in [0.2, 0.25) is 0 Å². The summed E-state index contributed by atoms with van der Waals surface area (Å²) < 4.78 is 0. The van der Waals surface area contributed by atoms with E-state index < -0.39 is 0 Å². The lowest BCUT2D eigenvalue weighted by Crippen LogP contribution is -2.41. The van der Waals surface area contributed by atoms with Crippen LogP contribution >= 0.6 is 35.7 Å². The highest BCUT2D eigenvalue weighted by Gasteiger charge is 2.40. The molecule has 2 fully saturated rings. The Hall–Kier alpha value is 0.350. The molecule has 1 spiro atoms. The third-order valence-electron chi connectivity index (χ3n) is 4.42. The maximum atomic E-state index is 4.45. The Labute approximate surface area is 139 Å². The Bertz CT molecular complexity index is 290. The van der Waals surface area contributed by atoms with Gasteiger partial charge in [0.25, 0.3) is 0 Å². The highest BCUT2D eigenvalue weighted by Crippen LogP contribution is 2.45. The number of halogens is 1. The molecule has 1 aliphatic carbocycles. The molecule has 2 aliphatic rings. The summed E-state index contributed by atoms with van der Waals surface area (Å²) in [5, 5.41) is 3.52. The fraction of sp³-hybridized carbons (Fsp3) is 0.929. The molecule has 0 radical (unpaired) electrons. The zero-order chi connectivity index (χ0) is 12.8. The van der Waals surface area contributed by atoms with Crippen molar-refractivity contribution in [2.45, 2.75) is 38.5 Å². The monoisotopic (exact) mass is 397 g/mol. The van der Waals surface area contributed by atoms with Crippen molar-refractivity contribution in [2.24, 2.45) is 10.4 Å². The first-order valence-electron chi connectivity index (χ1n) is 7.24. The normalized spacial score (nSPS) is 21.8. The molecule has 5 heteroatoms. The van der Waals surface area contributed by atoms with Crippen LogP contribution in [-0.2, 0) is 0 Å². The minimum atomic E-state index is 0. The SMILES string of the molecule is CN=C(NCCCSC)N1CCC2(CCCC2)C1.I. The quantitative estimate of drug-likeness (QED) is 0.342. The molecule has 1 saturated heterocycles. The van der Waals surface area contributed by atoms with E-state index in [1.54, 1.807) is 0 Å².